The van der Waals surface area contributed by atoms with Crippen LogP contribution < -0.4 is 0 Å². The van der Waals surface area contributed by atoms with Gasteiger partial charge >= 0.3 is 8.60 Å². The highest BCUT2D eigenvalue weighted by Gasteiger charge is 2.24. The SMILES string of the molecule is CC(C)CCCCCCCOP1OCC(C)O1. The Morgan fingerprint density at radius 2 is 1.88 bits per heavy atom. The van der Waals surface area contributed by atoms with Gasteiger partial charge in [-0.05, 0) is 19.3 Å². The van der Waals surface area contributed by atoms with E-state index in [1.807, 2.05) is 6.92 Å². The summed E-state index contributed by atoms with van der Waals surface area (Å²) >= 11 is 0. The molecule has 0 amide bonds. The van der Waals surface area contributed by atoms with Crippen molar-refractivity contribution in [2.75, 3.05) is 13.2 Å². The predicted octanol–water partition coefficient (Wildman–Crippen LogP) is 4.66. The standard InChI is InChI=1S/C13H27O3P/c1-12(2)9-7-5-4-6-8-10-14-17-15-11-13(3)16-17/h12-13H,4-11H2,1-3H3. The summed E-state index contributed by atoms with van der Waals surface area (Å²) in [5.41, 5.74) is 0. The maximum atomic E-state index is 5.54. The van der Waals surface area contributed by atoms with Gasteiger partial charge in [0.1, 0.15) is 0 Å². The molecule has 3 nitrogen and oxygen atoms in total. The van der Waals surface area contributed by atoms with Gasteiger partial charge in [0.05, 0.1) is 19.3 Å². The molecule has 0 aromatic heterocycles. The monoisotopic (exact) mass is 262 g/mol. The van der Waals surface area contributed by atoms with Gasteiger partial charge in [-0.3, -0.25) is 0 Å². The quantitative estimate of drug-likeness (QED) is 0.446. The second-order valence-corrected chi connectivity index (χ2v) is 6.39. The van der Waals surface area contributed by atoms with Crippen molar-refractivity contribution in [3.63, 3.8) is 0 Å². The smallest absolute Gasteiger partial charge is 0.312 e. The molecule has 0 bridgehead atoms. The fraction of sp³-hybridized carbons (Fsp3) is 1.00. The first kappa shape index (κ1) is 15.4. The minimum Gasteiger partial charge on any atom is -0.312 e. The first-order valence-corrected chi connectivity index (χ1v) is 8.00. The number of unbranched alkanes of at least 4 members (excludes halogenated alkanes) is 4. The van der Waals surface area contributed by atoms with Crippen molar-refractivity contribution in [1.82, 2.24) is 0 Å². The summed E-state index contributed by atoms with van der Waals surface area (Å²) in [7, 11) is -1.02. The molecule has 1 heterocycles. The Bertz CT molecular complexity index is 188. The van der Waals surface area contributed by atoms with Gasteiger partial charge in [0.25, 0.3) is 0 Å². The van der Waals surface area contributed by atoms with E-state index in [0.717, 1.165) is 18.9 Å². The molecule has 17 heavy (non-hydrogen) atoms. The molecule has 0 aliphatic carbocycles. The van der Waals surface area contributed by atoms with Crippen LogP contribution in [0.25, 0.3) is 0 Å². The molecule has 0 aromatic carbocycles. The summed E-state index contributed by atoms with van der Waals surface area (Å²) < 4.78 is 16.3. The summed E-state index contributed by atoms with van der Waals surface area (Å²) in [5.74, 6) is 0.847. The van der Waals surface area contributed by atoms with E-state index < -0.39 is 8.60 Å². The molecule has 4 heteroatoms. The molecule has 2 atom stereocenters. The third kappa shape index (κ3) is 8.10. The zero-order valence-corrected chi connectivity index (χ0v) is 12.4. The van der Waals surface area contributed by atoms with Gasteiger partial charge in [0.15, 0.2) is 0 Å². The van der Waals surface area contributed by atoms with Crippen molar-refractivity contribution in [3.8, 4) is 0 Å². The molecule has 1 fully saturated rings. The molecule has 0 radical (unpaired) electrons. The number of hydrogen-bond acceptors (Lipinski definition) is 3. The third-order valence-corrected chi connectivity index (χ3v) is 4.09. The van der Waals surface area contributed by atoms with Crippen LogP contribution in [0.15, 0.2) is 0 Å². The minimum absolute atomic E-state index is 0.206. The summed E-state index contributed by atoms with van der Waals surface area (Å²) in [5, 5.41) is 0. The molecule has 1 aliphatic heterocycles. The topological polar surface area (TPSA) is 27.7 Å². The van der Waals surface area contributed by atoms with Crippen molar-refractivity contribution in [2.45, 2.75) is 65.4 Å². The second-order valence-electron chi connectivity index (χ2n) is 5.22. The van der Waals surface area contributed by atoms with Crippen molar-refractivity contribution < 1.29 is 13.6 Å². The first-order chi connectivity index (χ1) is 8.18. The molecular formula is C13H27O3P. The Labute approximate surface area is 107 Å². The normalized spacial score (nSPS) is 24.7. The van der Waals surface area contributed by atoms with Gasteiger partial charge in [-0.1, -0.05) is 46.0 Å². The fourth-order valence-corrected chi connectivity index (χ4v) is 2.93. The van der Waals surface area contributed by atoms with E-state index in [0.29, 0.717) is 6.61 Å². The van der Waals surface area contributed by atoms with E-state index in [9.17, 15) is 0 Å². The Kier molecular flexibility index (Phi) is 8.38. The molecular weight excluding hydrogens is 235 g/mol. The largest absolute Gasteiger partial charge is 0.333 e. The van der Waals surface area contributed by atoms with Crippen LogP contribution in [0.1, 0.15) is 59.3 Å². The Hall–Kier alpha value is 0.310. The van der Waals surface area contributed by atoms with Gasteiger partial charge in [-0.25, -0.2) is 0 Å². The van der Waals surface area contributed by atoms with E-state index in [1.165, 1.54) is 32.1 Å². The van der Waals surface area contributed by atoms with Gasteiger partial charge < -0.3 is 13.6 Å². The van der Waals surface area contributed by atoms with Crippen molar-refractivity contribution >= 4 is 8.60 Å². The van der Waals surface area contributed by atoms with Gasteiger partial charge in [0.2, 0.25) is 0 Å². The van der Waals surface area contributed by atoms with Crippen LogP contribution >= 0.6 is 8.60 Å². The van der Waals surface area contributed by atoms with Crippen LogP contribution in [0.4, 0.5) is 0 Å². The van der Waals surface area contributed by atoms with Crippen LogP contribution in [-0.2, 0) is 13.6 Å². The molecule has 1 aliphatic rings. The highest BCUT2D eigenvalue weighted by Crippen LogP contribution is 2.46. The Morgan fingerprint density at radius 1 is 1.18 bits per heavy atom. The second kappa shape index (κ2) is 9.27. The molecule has 0 saturated carbocycles. The number of hydrogen-bond donors (Lipinski definition) is 0. The van der Waals surface area contributed by atoms with Crippen molar-refractivity contribution in [2.24, 2.45) is 5.92 Å². The van der Waals surface area contributed by atoms with Crippen LogP contribution in [0, 0.1) is 5.92 Å². The molecule has 2 unspecified atom stereocenters. The lowest BCUT2D eigenvalue weighted by molar-refractivity contribution is 0.222. The average molecular weight is 262 g/mol. The van der Waals surface area contributed by atoms with Gasteiger partial charge in [0, 0.05) is 0 Å². The van der Waals surface area contributed by atoms with Crippen LogP contribution in [0.2, 0.25) is 0 Å². The lowest BCUT2D eigenvalue weighted by atomic mass is 10.0. The zero-order chi connectivity index (χ0) is 12.5. The van der Waals surface area contributed by atoms with Crippen LogP contribution in [0.3, 0.4) is 0 Å². The highest BCUT2D eigenvalue weighted by molar-refractivity contribution is 7.41. The molecule has 0 aromatic rings. The van der Waals surface area contributed by atoms with Crippen LogP contribution in [-0.4, -0.2) is 19.3 Å². The van der Waals surface area contributed by atoms with Gasteiger partial charge in [-0.2, -0.15) is 0 Å². The van der Waals surface area contributed by atoms with Crippen molar-refractivity contribution in [1.29, 1.82) is 0 Å². The van der Waals surface area contributed by atoms with Crippen molar-refractivity contribution in [3.05, 3.63) is 0 Å². The van der Waals surface area contributed by atoms with Crippen LogP contribution in [0.5, 0.6) is 0 Å². The summed E-state index contributed by atoms with van der Waals surface area (Å²) in [6, 6.07) is 0. The molecule has 0 N–H and O–H groups in total. The maximum absolute atomic E-state index is 5.54. The van der Waals surface area contributed by atoms with E-state index in [1.54, 1.807) is 0 Å². The first-order valence-electron chi connectivity index (χ1n) is 6.91. The maximum Gasteiger partial charge on any atom is 0.333 e. The van der Waals surface area contributed by atoms with E-state index >= 15 is 0 Å². The zero-order valence-electron chi connectivity index (χ0n) is 11.5. The molecule has 1 rings (SSSR count). The highest BCUT2D eigenvalue weighted by atomic mass is 31.2. The third-order valence-electron chi connectivity index (χ3n) is 2.80. The Morgan fingerprint density at radius 3 is 2.53 bits per heavy atom. The lowest BCUT2D eigenvalue weighted by Gasteiger charge is -2.08. The fourth-order valence-electron chi connectivity index (χ4n) is 1.77. The molecule has 1 saturated heterocycles. The summed E-state index contributed by atoms with van der Waals surface area (Å²) in [6.07, 6.45) is 8.01. The Balaban J connectivity index is 1.78. The average Bonchev–Trinajstić information content (AvgIpc) is 2.68. The van der Waals surface area contributed by atoms with E-state index in [2.05, 4.69) is 13.8 Å². The van der Waals surface area contributed by atoms with E-state index in [4.69, 9.17) is 13.6 Å². The van der Waals surface area contributed by atoms with E-state index in [-0.39, 0.29) is 6.10 Å². The lowest BCUT2D eigenvalue weighted by Crippen LogP contribution is -2.00. The molecule has 102 valence electrons. The summed E-state index contributed by atoms with van der Waals surface area (Å²) in [6.45, 7) is 8.06. The summed E-state index contributed by atoms with van der Waals surface area (Å²) in [4.78, 5) is 0. The number of rotatable bonds is 9. The predicted molar refractivity (Wildman–Crippen MR) is 71.9 cm³/mol. The van der Waals surface area contributed by atoms with Gasteiger partial charge in [-0.15, -0.1) is 0 Å². The molecule has 0 spiro atoms. The minimum atomic E-state index is -1.02.